The van der Waals surface area contributed by atoms with Gasteiger partial charge in [-0.3, -0.25) is 14.4 Å². The minimum atomic E-state index is -0.833. The number of ether oxygens (including phenoxy) is 3. The van der Waals surface area contributed by atoms with Gasteiger partial charge in [-0.1, -0.05) is 198 Å². The lowest BCUT2D eigenvalue weighted by Crippen LogP contribution is -2.30. The van der Waals surface area contributed by atoms with Gasteiger partial charge in [0.2, 0.25) is 0 Å². The summed E-state index contributed by atoms with van der Waals surface area (Å²) in [5, 5.41) is 0. The molecular weight excluding hydrogens is 805 g/mol. The molecule has 0 aliphatic rings. The number of allylic oxidation sites excluding steroid dienone is 26. The molecule has 6 heteroatoms. The van der Waals surface area contributed by atoms with Crippen LogP contribution in [0.15, 0.2) is 158 Å². The molecule has 0 aromatic carbocycles. The lowest BCUT2D eigenvalue weighted by atomic mass is 10.1. The van der Waals surface area contributed by atoms with Crippen LogP contribution in [0.2, 0.25) is 0 Å². The zero-order valence-corrected chi connectivity index (χ0v) is 40.9. The Kier molecular flexibility index (Phi) is 47.7. The van der Waals surface area contributed by atoms with E-state index < -0.39 is 6.10 Å². The Labute approximate surface area is 397 Å². The van der Waals surface area contributed by atoms with E-state index in [1.165, 1.54) is 0 Å². The molecule has 6 nitrogen and oxygen atoms in total. The lowest BCUT2D eigenvalue weighted by Gasteiger charge is -2.18. The summed E-state index contributed by atoms with van der Waals surface area (Å²) < 4.78 is 16.7. The predicted octanol–water partition coefficient (Wildman–Crippen LogP) is 16.6. The number of rotatable bonds is 42. The first-order chi connectivity index (χ1) is 32.0. The van der Waals surface area contributed by atoms with Gasteiger partial charge in [0.1, 0.15) is 13.2 Å². The van der Waals surface area contributed by atoms with Crippen molar-refractivity contribution in [3.05, 3.63) is 158 Å². The maximum atomic E-state index is 12.8. The lowest BCUT2D eigenvalue weighted by molar-refractivity contribution is -0.167. The molecule has 0 fully saturated rings. The van der Waals surface area contributed by atoms with Crippen molar-refractivity contribution in [3.8, 4) is 0 Å². The Hall–Kier alpha value is -4.97. The van der Waals surface area contributed by atoms with Crippen molar-refractivity contribution >= 4 is 17.9 Å². The highest BCUT2D eigenvalue weighted by Crippen LogP contribution is 2.11. The first-order valence-corrected chi connectivity index (χ1v) is 25.1. The van der Waals surface area contributed by atoms with Crippen molar-refractivity contribution in [2.75, 3.05) is 13.2 Å². The number of carbonyl (C=O) groups excluding carboxylic acids is 3. The van der Waals surface area contributed by atoms with E-state index in [4.69, 9.17) is 14.2 Å². The molecule has 0 amide bonds. The number of hydrogen-bond donors (Lipinski definition) is 0. The zero-order valence-electron chi connectivity index (χ0n) is 40.9. The van der Waals surface area contributed by atoms with Crippen LogP contribution in [0.1, 0.15) is 175 Å². The van der Waals surface area contributed by atoms with E-state index in [0.29, 0.717) is 19.3 Å². The number of unbranched alkanes of at least 4 members (excludes halogenated alkanes) is 9. The molecule has 0 aromatic heterocycles. The minimum absolute atomic E-state index is 0.130. The Morgan fingerprint density at radius 3 is 1.02 bits per heavy atom. The summed E-state index contributed by atoms with van der Waals surface area (Å²) in [6, 6.07) is 0. The van der Waals surface area contributed by atoms with Gasteiger partial charge in [0, 0.05) is 19.3 Å². The molecular formula is C59H88O6. The summed E-state index contributed by atoms with van der Waals surface area (Å²) in [4.78, 5) is 38.0. The molecule has 0 aliphatic carbocycles. The normalized spacial score (nSPS) is 13.5. The molecule has 0 spiro atoms. The van der Waals surface area contributed by atoms with Crippen LogP contribution >= 0.6 is 0 Å². The fraction of sp³-hybridized carbons (Fsp3) is 0.508. The molecule has 0 N–H and O–H groups in total. The van der Waals surface area contributed by atoms with Crippen LogP contribution in [0.5, 0.6) is 0 Å². The van der Waals surface area contributed by atoms with Crippen molar-refractivity contribution in [2.24, 2.45) is 0 Å². The van der Waals surface area contributed by atoms with E-state index in [-0.39, 0.29) is 44.0 Å². The van der Waals surface area contributed by atoms with E-state index in [2.05, 4.69) is 130 Å². The average Bonchev–Trinajstić information content (AvgIpc) is 3.30. The second kappa shape index (κ2) is 51.7. The van der Waals surface area contributed by atoms with Crippen molar-refractivity contribution in [1.29, 1.82) is 0 Å². The Morgan fingerprint density at radius 2 is 0.631 bits per heavy atom. The van der Waals surface area contributed by atoms with Crippen molar-refractivity contribution in [1.82, 2.24) is 0 Å². The topological polar surface area (TPSA) is 78.9 Å². The predicted molar refractivity (Wildman–Crippen MR) is 278 cm³/mol. The summed E-state index contributed by atoms with van der Waals surface area (Å²) in [5.74, 6) is -1.05. The van der Waals surface area contributed by atoms with Gasteiger partial charge in [-0.25, -0.2) is 0 Å². The highest BCUT2D eigenvalue weighted by atomic mass is 16.6. The van der Waals surface area contributed by atoms with E-state index in [1.807, 2.05) is 48.6 Å². The van der Waals surface area contributed by atoms with Gasteiger partial charge in [-0.15, -0.1) is 0 Å². The molecule has 0 radical (unpaired) electrons. The van der Waals surface area contributed by atoms with E-state index in [1.54, 1.807) is 0 Å². The van der Waals surface area contributed by atoms with Crippen LogP contribution in [-0.4, -0.2) is 37.2 Å². The molecule has 1 atom stereocenters. The summed E-state index contributed by atoms with van der Waals surface area (Å²) in [5.41, 5.74) is 0. The van der Waals surface area contributed by atoms with E-state index in [9.17, 15) is 14.4 Å². The second-order valence-electron chi connectivity index (χ2n) is 15.7. The summed E-state index contributed by atoms with van der Waals surface area (Å²) in [7, 11) is 0. The SMILES string of the molecule is CC\C=C/C=C\C=C/C=C\C=C/CCCCCC(=O)OCC(COC(=O)CCCCC/C=C\C/C=C\C/C=C\C/C=C\CC)OC(=O)CCCCC/C=C\C/C=C\C/C=C\C/C=C\CC. The smallest absolute Gasteiger partial charge is 0.306 e. The number of carbonyl (C=O) groups is 3. The monoisotopic (exact) mass is 893 g/mol. The van der Waals surface area contributed by atoms with Gasteiger partial charge < -0.3 is 14.2 Å². The fourth-order valence-electron chi connectivity index (χ4n) is 5.97. The van der Waals surface area contributed by atoms with Crippen LogP contribution in [0.3, 0.4) is 0 Å². The zero-order chi connectivity index (χ0) is 47.2. The molecule has 0 saturated carbocycles. The summed E-state index contributed by atoms with van der Waals surface area (Å²) in [6.07, 6.45) is 75.1. The Morgan fingerprint density at radius 1 is 0.323 bits per heavy atom. The Bertz CT molecular complexity index is 1540. The second-order valence-corrected chi connectivity index (χ2v) is 15.7. The van der Waals surface area contributed by atoms with Gasteiger partial charge in [0.15, 0.2) is 6.10 Å². The summed E-state index contributed by atoms with van der Waals surface area (Å²) in [6.45, 7) is 6.14. The minimum Gasteiger partial charge on any atom is -0.462 e. The highest BCUT2D eigenvalue weighted by Gasteiger charge is 2.19. The van der Waals surface area contributed by atoms with Crippen LogP contribution in [0.25, 0.3) is 0 Å². The molecule has 0 heterocycles. The van der Waals surface area contributed by atoms with Crippen molar-refractivity contribution in [3.63, 3.8) is 0 Å². The molecule has 0 saturated heterocycles. The molecule has 0 aromatic rings. The van der Waals surface area contributed by atoms with Gasteiger partial charge in [-0.05, 0) is 116 Å². The van der Waals surface area contributed by atoms with Crippen LogP contribution in [-0.2, 0) is 28.6 Å². The molecule has 0 bridgehead atoms. The third-order valence-corrected chi connectivity index (χ3v) is 9.64. The highest BCUT2D eigenvalue weighted by molar-refractivity contribution is 5.71. The third-order valence-electron chi connectivity index (χ3n) is 9.64. The molecule has 0 rings (SSSR count). The molecule has 360 valence electrons. The van der Waals surface area contributed by atoms with Crippen molar-refractivity contribution in [2.45, 2.75) is 181 Å². The standard InChI is InChI=1S/C59H88O6/c1-4-7-10-13-16-19-22-25-28-31-34-37-40-43-46-49-52-58(61)64-55-56(54-63-57(60)51-48-45-42-39-36-33-30-27-24-21-18-15-12-9-6-3)65-59(62)53-50-47-44-41-38-35-32-29-26-23-20-17-14-11-8-5-2/h7-12,15-21,24-30,33-38,56H,4-6,13-14,22-23,31-32,39-55H2,1-3H3/b10-7-,11-8-,12-9-,18-15-,19-16-,20-17-,24-21-,28-25-,29-26-,30-27-,36-33-,37-34-,38-35-. The number of esters is 3. The van der Waals surface area contributed by atoms with Crippen molar-refractivity contribution < 1.29 is 28.6 Å². The van der Waals surface area contributed by atoms with Crippen LogP contribution in [0, 0.1) is 0 Å². The Balaban J connectivity index is 4.63. The quantitative estimate of drug-likeness (QED) is 0.0200. The summed E-state index contributed by atoms with van der Waals surface area (Å²) >= 11 is 0. The average molecular weight is 893 g/mol. The molecule has 1 unspecified atom stereocenters. The maximum Gasteiger partial charge on any atom is 0.306 e. The fourth-order valence-corrected chi connectivity index (χ4v) is 5.97. The maximum absolute atomic E-state index is 12.8. The third kappa shape index (κ3) is 49.9. The van der Waals surface area contributed by atoms with Gasteiger partial charge in [0.25, 0.3) is 0 Å². The number of hydrogen-bond acceptors (Lipinski definition) is 6. The largest absolute Gasteiger partial charge is 0.462 e. The first-order valence-electron chi connectivity index (χ1n) is 25.1. The van der Waals surface area contributed by atoms with Crippen LogP contribution in [0.4, 0.5) is 0 Å². The van der Waals surface area contributed by atoms with Gasteiger partial charge in [-0.2, -0.15) is 0 Å². The van der Waals surface area contributed by atoms with Crippen LogP contribution < -0.4 is 0 Å². The van der Waals surface area contributed by atoms with E-state index >= 15 is 0 Å². The first kappa shape index (κ1) is 60.0. The molecule has 0 aliphatic heterocycles. The molecule has 65 heavy (non-hydrogen) atoms. The van der Waals surface area contributed by atoms with Gasteiger partial charge >= 0.3 is 17.9 Å². The van der Waals surface area contributed by atoms with E-state index in [0.717, 1.165) is 122 Å². The van der Waals surface area contributed by atoms with Gasteiger partial charge in [0.05, 0.1) is 0 Å².